The summed E-state index contributed by atoms with van der Waals surface area (Å²) in [5, 5.41) is 13.0. The predicted molar refractivity (Wildman–Crippen MR) is 106 cm³/mol. The van der Waals surface area contributed by atoms with Gasteiger partial charge in [0, 0.05) is 17.3 Å². The second-order valence-electron chi connectivity index (χ2n) is 6.48. The Morgan fingerprint density at radius 2 is 2.11 bits per heavy atom. The number of furan rings is 1. The Bertz CT molecular complexity index is 893. The minimum atomic E-state index is -0.201. The van der Waals surface area contributed by atoms with Crippen molar-refractivity contribution in [3.05, 3.63) is 64.8 Å². The maximum atomic E-state index is 12.1. The van der Waals surface area contributed by atoms with Crippen LogP contribution >= 0.6 is 23.4 Å². The highest BCUT2D eigenvalue weighted by Crippen LogP contribution is 2.26. The normalized spacial score (nSPS) is 11.1. The lowest BCUT2D eigenvalue weighted by Gasteiger charge is -2.13. The van der Waals surface area contributed by atoms with Crippen molar-refractivity contribution in [2.75, 3.05) is 0 Å². The van der Waals surface area contributed by atoms with E-state index in [2.05, 4.69) is 33.9 Å². The lowest BCUT2D eigenvalue weighted by atomic mass is 10.2. The van der Waals surface area contributed by atoms with E-state index in [0.29, 0.717) is 23.8 Å². The number of thioether (sulfide) groups is 1. The molecule has 0 radical (unpaired) electrons. The van der Waals surface area contributed by atoms with Crippen LogP contribution in [0.4, 0.5) is 0 Å². The van der Waals surface area contributed by atoms with Gasteiger partial charge in [0.25, 0.3) is 5.91 Å². The lowest BCUT2D eigenvalue weighted by Crippen LogP contribution is -2.25. The molecule has 27 heavy (non-hydrogen) atoms. The molecule has 142 valence electrons. The summed E-state index contributed by atoms with van der Waals surface area (Å²) in [6.07, 6.45) is 2.89. The van der Waals surface area contributed by atoms with Gasteiger partial charge in [-0.25, -0.2) is 0 Å². The van der Waals surface area contributed by atoms with Gasteiger partial charge in [0.2, 0.25) is 0 Å². The Balaban J connectivity index is 1.71. The van der Waals surface area contributed by atoms with Crippen molar-refractivity contribution in [1.29, 1.82) is 0 Å². The number of carbonyl (C=O) groups excluding carboxylic acids is 1. The molecule has 0 saturated carbocycles. The van der Waals surface area contributed by atoms with E-state index in [0.717, 1.165) is 28.1 Å². The molecular weight excluding hydrogens is 384 g/mol. The number of aromatic nitrogens is 3. The maximum absolute atomic E-state index is 12.1. The van der Waals surface area contributed by atoms with Crippen molar-refractivity contribution in [3.63, 3.8) is 0 Å². The summed E-state index contributed by atoms with van der Waals surface area (Å²) in [6.45, 7) is 5.35. The van der Waals surface area contributed by atoms with Crippen LogP contribution in [-0.2, 0) is 18.8 Å². The first-order chi connectivity index (χ1) is 13.0. The number of nitrogens with zero attached hydrogens (tertiary/aromatic N) is 3. The highest BCUT2D eigenvalue weighted by Gasteiger charge is 2.16. The zero-order valence-corrected chi connectivity index (χ0v) is 16.8. The topological polar surface area (TPSA) is 73.0 Å². The van der Waals surface area contributed by atoms with Crippen LogP contribution in [0.3, 0.4) is 0 Å². The maximum Gasteiger partial charge on any atom is 0.254 e. The third-order valence-corrected chi connectivity index (χ3v) is 5.23. The van der Waals surface area contributed by atoms with Crippen molar-refractivity contribution in [2.24, 2.45) is 5.92 Å². The standard InChI is InChI=1S/C19H21ClN4O2S/c1-13(2)10-24-17(9-21-18(25)14-7-8-26-11-14)22-23-19(24)27-12-15-5-3-4-6-16(15)20/h3-8,11,13H,9-10,12H2,1-2H3,(H,21,25). The van der Waals surface area contributed by atoms with E-state index in [-0.39, 0.29) is 5.91 Å². The van der Waals surface area contributed by atoms with Crippen LogP contribution in [0, 0.1) is 5.92 Å². The smallest absolute Gasteiger partial charge is 0.254 e. The van der Waals surface area contributed by atoms with Crippen LogP contribution in [-0.4, -0.2) is 20.7 Å². The van der Waals surface area contributed by atoms with Crippen LogP contribution in [0.1, 0.15) is 35.6 Å². The molecule has 0 unspecified atom stereocenters. The quantitative estimate of drug-likeness (QED) is 0.563. The fourth-order valence-electron chi connectivity index (χ4n) is 2.52. The Morgan fingerprint density at radius 3 is 2.81 bits per heavy atom. The molecule has 6 nitrogen and oxygen atoms in total. The number of hydrogen-bond acceptors (Lipinski definition) is 5. The Kier molecular flexibility index (Phi) is 6.58. The molecule has 2 aromatic heterocycles. The Hall–Kier alpha value is -2.25. The number of halogens is 1. The van der Waals surface area contributed by atoms with E-state index in [9.17, 15) is 4.79 Å². The summed E-state index contributed by atoms with van der Waals surface area (Å²) < 4.78 is 7.00. The third-order valence-electron chi connectivity index (χ3n) is 3.85. The Labute approximate surface area is 167 Å². The fourth-order valence-corrected chi connectivity index (χ4v) is 3.77. The van der Waals surface area contributed by atoms with Gasteiger partial charge < -0.3 is 14.3 Å². The molecule has 0 atom stereocenters. The van der Waals surface area contributed by atoms with Crippen LogP contribution in [0.5, 0.6) is 0 Å². The van der Waals surface area contributed by atoms with E-state index in [1.54, 1.807) is 17.8 Å². The monoisotopic (exact) mass is 404 g/mol. The zero-order chi connectivity index (χ0) is 19.2. The average molecular weight is 405 g/mol. The highest BCUT2D eigenvalue weighted by molar-refractivity contribution is 7.98. The molecule has 3 rings (SSSR count). The summed E-state index contributed by atoms with van der Waals surface area (Å²) in [4.78, 5) is 12.1. The summed E-state index contributed by atoms with van der Waals surface area (Å²) in [6, 6.07) is 9.40. The van der Waals surface area contributed by atoms with Gasteiger partial charge in [0.1, 0.15) is 6.26 Å². The zero-order valence-electron chi connectivity index (χ0n) is 15.2. The van der Waals surface area contributed by atoms with Gasteiger partial charge in [0.15, 0.2) is 11.0 Å². The van der Waals surface area contributed by atoms with Crippen molar-refractivity contribution >= 4 is 29.3 Å². The summed E-state index contributed by atoms with van der Waals surface area (Å²) >= 11 is 7.83. The third kappa shape index (κ3) is 5.14. The molecule has 1 aromatic carbocycles. The molecule has 0 fully saturated rings. The second-order valence-corrected chi connectivity index (χ2v) is 7.83. The average Bonchev–Trinajstić information content (AvgIpc) is 3.29. The fraction of sp³-hybridized carbons (Fsp3) is 0.316. The first-order valence-corrected chi connectivity index (χ1v) is 9.99. The molecule has 8 heteroatoms. The van der Waals surface area contributed by atoms with Crippen molar-refractivity contribution in [3.8, 4) is 0 Å². The van der Waals surface area contributed by atoms with Gasteiger partial charge in [-0.1, -0.05) is 55.4 Å². The van der Waals surface area contributed by atoms with E-state index < -0.39 is 0 Å². The largest absolute Gasteiger partial charge is 0.472 e. The van der Waals surface area contributed by atoms with Gasteiger partial charge >= 0.3 is 0 Å². The SMILES string of the molecule is CC(C)Cn1c(CNC(=O)c2ccoc2)nnc1SCc1ccccc1Cl. The van der Waals surface area contributed by atoms with Gasteiger partial charge in [0.05, 0.1) is 18.4 Å². The van der Waals surface area contributed by atoms with Crippen LogP contribution in [0.25, 0.3) is 0 Å². The van der Waals surface area contributed by atoms with Gasteiger partial charge in [-0.15, -0.1) is 10.2 Å². The molecule has 0 aliphatic heterocycles. The number of carbonyl (C=O) groups is 1. The van der Waals surface area contributed by atoms with E-state index in [4.69, 9.17) is 16.0 Å². The Morgan fingerprint density at radius 1 is 1.30 bits per heavy atom. The predicted octanol–water partition coefficient (Wildman–Crippen LogP) is 4.40. The molecule has 2 heterocycles. The highest BCUT2D eigenvalue weighted by atomic mass is 35.5. The minimum Gasteiger partial charge on any atom is -0.472 e. The van der Waals surface area contributed by atoms with E-state index >= 15 is 0 Å². The number of hydrogen-bond donors (Lipinski definition) is 1. The molecule has 0 saturated heterocycles. The van der Waals surface area contributed by atoms with Gasteiger partial charge in [-0.3, -0.25) is 4.79 Å². The molecule has 0 bridgehead atoms. The second kappa shape index (κ2) is 9.10. The summed E-state index contributed by atoms with van der Waals surface area (Å²) in [7, 11) is 0. The van der Waals surface area contributed by atoms with Gasteiger partial charge in [-0.05, 0) is 23.6 Å². The molecule has 0 aliphatic carbocycles. The van der Waals surface area contributed by atoms with Crippen LogP contribution in [0.15, 0.2) is 52.4 Å². The molecule has 1 amide bonds. The van der Waals surface area contributed by atoms with E-state index in [1.807, 2.05) is 24.3 Å². The van der Waals surface area contributed by atoms with E-state index in [1.165, 1.54) is 12.5 Å². The molecule has 3 aromatic rings. The van der Waals surface area contributed by atoms with Gasteiger partial charge in [-0.2, -0.15) is 0 Å². The number of amides is 1. The summed E-state index contributed by atoms with van der Waals surface area (Å²) in [5.74, 6) is 1.65. The van der Waals surface area contributed by atoms with Crippen LogP contribution < -0.4 is 5.32 Å². The number of rotatable bonds is 8. The number of nitrogens with one attached hydrogen (secondary N) is 1. The van der Waals surface area contributed by atoms with Crippen molar-refractivity contribution < 1.29 is 9.21 Å². The van der Waals surface area contributed by atoms with Crippen LogP contribution in [0.2, 0.25) is 5.02 Å². The lowest BCUT2D eigenvalue weighted by molar-refractivity contribution is 0.0948. The molecule has 0 aliphatic rings. The summed E-state index contributed by atoms with van der Waals surface area (Å²) in [5.41, 5.74) is 1.54. The molecule has 0 spiro atoms. The minimum absolute atomic E-state index is 0.201. The van der Waals surface area contributed by atoms with Crippen molar-refractivity contribution in [1.82, 2.24) is 20.1 Å². The number of benzene rings is 1. The molecular formula is C19H21ClN4O2S. The first-order valence-electron chi connectivity index (χ1n) is 8.63. The van der Waals surface area contributed by atoms with Crippen molar-refractivity contribution in [2.45, 2.75) is 37.8 Å². The molecule has 1 N–H and O–H groups in total. The first kappa shape index (κ1) is 19.5.